The van der Waals surface area contributed by atoms with Crippen LogP contribution in [0.4, 0.5) is 0 Å². The molecule has 290 valence electrons. The molecular weight excluding hydrogens is 755 g/mol. The normalized spacial score (nSPS) is 11.5. The molecular formula is C57H37N5. The molecule has 12 rings (SSSR count). The maximum atomic E-state index is 5.42. The second-order valence-electron chi connectivity index (χ2n) is 15.6. The Morgan fingerprint density at radius 3 is 1.42 bits per heavy atom. The van der Waals surface area contributed by atoms with Gasteiger partial charge >= 0.3 is 0 Å². The first-order valence-corrected chi connectivity index (χ1v) is 21.0. The SMILES string of the molecule is c1ccc(-c2ccc(-c3ccccc3-c3nc(-c4ccc5c6ccccc6n(-c6ccccc6)c5c4)nc(-c4cccc5c4c4ccccc4n5-c4ccccc4)n3)cc2)cc1. The van der Waals surface area contributed by atoms with E-state index in [0.29, 0.717) is 17.5 Å². The highest BCUT2D eigenvalue weighted by Gasteiger charge is 2.22. The van der Waals surface area contributed by atoms with Gasteiger partial charge in [0.2, 0.25) is 0 Å². The van der Waals surface area contributed by atoms with E-state index in [1.165, 1.54) is 21.9 Å². The van der Waals surface area contributed by atoms with Crippen LogP contribution in [-0.4, -0.2) is 24.1 Å². The van der Waals surface area contributed by atoms with Gasteiger partial charge in [-0.25, -0.2) is 15.0 Å². The fraction of sp³-hybridized carbons (Fsp3) is 0. The molecule has 9 aromatic carbocycles. The number of nitrogens with zero attached hydrogens (tertiary/aromatic N) is 5. The average Bonchev–Trinajstić information content (AvgIpc) is 3.87. The van der Waals surface area contributed by atoms with Crippen LogP contribution in [0, 0.1) is 0 Å². The monoisotopic (exact) mass is 791 g/mol. The Bertz CT molecular complexity index is 3610. The van der Waals surface area contributed by atoms with Crippen LogP contribution in [0.1, 0.15) is 0 Å². The lowest BCUT2D eigenvalue weighted by Gasteiger charge is -2.13. The molecule has 0 radical (unpaired) electrons. The fourth-order valence-corrected chi connectivity index (χ4v) is 9.17. The van der Waals surface area contributed by atoms with Crippen molar-refractivity contribution < 1.29 is 0 Å². The van der Waals surface area contributed by atoms with Crippen molar-refractivity contribution in [2.75, 3.05) is 0 Å². The molecule has 0 amide bonds. The Kier molecular flexibility index (Phi) is 8.42. The molecule has 5 heteroatoms. The van der Waals surface area contributed by atoms with Crippen molar-refractivity contribution in [1.82, 2.24) is 24.1 Å². The molecule has 0 saturated heterocycles. The van der Waals surface area contributed by atoms with Gasteiger partial charge in [0.1, 0.15) is 0 Å². The standard InChI is InChI=1S/C57H37N5/c1-4-17-38(18-5-1)39-31-33-40(34-32-39)44-23-10-11-25-47(44)56-58-55(41-35-36-46-45-24-12-14-28-50(45)62(53(46)37-41)43-21-8-3-9-22-43)59-57(60-56)49-27-16-30-52-54(49)48-26-13-15-29-51(48)61(52)42-19-6-2-7-20-42/h1-37H. The average molecular weight is 792 g/mol. The lowest BCUT2D eigenvalue weighted by Crippen LogP contribution is -2.02. The minimum absolute atomic E-state index is 0.606. The molecule has 0 atom stereocenters. The van der Waals surface area contributed by atoms with Gasteiger partial charge in [-0.15, -0.1) is 0 Å². The second kappa shape index (κ2) is 14.7. The van der Waals surface area contributed by atoms with E-state index in [-0.39, 0.29) is 0 Å². The molecule has 3 aromatic heterocycles. The lowest BCUT2D eigenvalue weighted by molar-refractivity contribution is 1.08. The van der Waals surface area contributed by atoms with E-state index < -0.39 is 0 Å². The summed E-state index contributed by atoms with van der Waals surface area (Å²) in [6, 6.07) is 79.1. The summed E-state index contributed by atoms with van der Waals surface area (Å²) in [7, 11) is 0. The van der Waals surface area contributed by atoms with Crippen molar-refractivity contribution in [2.45, 2.75) is 0 Å². The topological polar surface area (TPSA) is 48.5 Å². The van der Waals surface area contributed by atoms with Gasteiger partial charge in [0.05, 0.1) is 22.1 Å². The molecule has 0 aliphatic carbocycles. The van der Waals surface area contributed by atoms with Gasteiger partial charge in [-0.1, -0.05) is 176 Å². The van der Waals surface area contributed by atoms with Crippen LogP contribution in [0.5, 0.6) is 0 Å². The molecule has 0 saturated carbocycles. The van der Waals surface area contributed by atoms with Crippen LogP contribution in [0.2, 0.25) is 0 Å². The van der Waals surface area contributed by atoms with Crippen molar-refractivity contribution >= 4 is 43.6 Å². The number of para-hydroxylation sites is 4. The van der Waals surface area contributed by atoms with Crippen molar-refractivity contribution in [2.24, 2.45) is 0 Å². The van der Waals surface area contributed by atoms with E-state index in [1.54, 1.807) is 0 Å². The largest absolute Gasteiger partial charge is 0.309 e. The molecule has 0 bridgehead atoms. The predicted molar refractivity (Wildman–Crippen MR) is 256 cm³/mol. The van der Waals surface area contributed by atoms with E-state index in [2.05, 4.69) is 228 Å². The maximum Gasteiger partial charge on any atom is 0.164 e. The number of hydrogen-bond donors (Lipinski definition) is 0. The van der Waals surface area contributed by atoms with Gasteiger partial charge in [-0.2, -0.15) is 0 Å². The summed E-state index contributed by atoms with van der Waals surface area (Å²) in [5.74, 6) is 1.83. The molecule has 0 N–H and O–H groups in total. The van der Waals surface area contributed by atoms with Gasteiger partial charge in [-0.05, 0) is 70.8 Å². The summed E-state index contributed by atoms with van der Waals surface area (Å²) in [6.45, 7) is 0. The van der Waals surface area contributed by atoms with Gasteiger partial charge in [0, 0.05) is 49.6 Å². The number of rotatable bonds is 7. The van der Waals surface area contributed by atoms with Gasteiger partial charge in [0.15, 0.2) is 17.5 Å². The van der Waals surface area contributed by atoms with E-state index in [9.17, 15) is 0 Å². The molecule has 0 aliphatic heterocycles. The highest BCUT2D eigenvalue weighted by atomic mass is 15.0. The van der Waals surface area contributed by atoms with Crippen LogP contribution in [0.15, 0.2) is 224 Å². The quantitative estimate of drug-likeness (QED) is 0.162. The Balaban J connectivity index is 1.10. The molecule has 0 unspecified atom stereocenters. The maximum absolute atomic E-state index is 5.42. The zero-order chi connectivity index (χ0) is 41.0. The highest BCUT2D eigenvalue weighted by molar-refractivity contribution is 6.15. The number of hydrogen-bond acceptors (Lipinski definition) is 3. The summed E-state index contributed by atoms with van der Waals surface area (Å²) >= 11 is 0. The summed E-state index contributed by atoms with van der Waals surface area (Å²) < 4.78 is 4.67. The van der Waals surface area contributed by atoms with Crippen LogP contribution >= 0.6 is 0 Å². The first-order valence-electron chi connectivity index (χ1n) is 21.0. The van der Waals surface area contributed by atoms with Crippen LogP contribution < -0.4 is 0 Å². The summed E-state index contributed by atoms with van der Waals surface area (Å²) in [5, 5.41) is 4.60. The smallest absolute Gasteiger partial charge is 0.164 e. The molecule has 62 heavy (non-hydrogen) atoms. The van der Waals surface area contributed by atoms with E-state index >= 15 is 0 Å². The summed E-state index contributed by atoms with van der Waals surface area (Å²) in [6.07, 6.45) is 0. The third-order valence-electron chi connectivity index (χ3n) is 12.0. The molecule has 3 heterocycles. The van der Waals surface area contributed by atoms with Crippen molar-refractivity contribution in [1.29, 1.82) is 0 Å². The van der Waals surface area contributed by atoms with Gasteiger partial charge < -0.3 is 9.13 Å². The molecule has 0 fully saturated rings. The first kappa shape index (κ1) is 35.5. The van der Waals surface area contributed by atoms with Gasteiger partial charge in [0.25, 0.3) is 0 Å². The third-order valence-corrected chi connectivity index (χ3v) is 12.0. The minimum atomic E-state index is 0.606. The Morgan fingerprint density at radius 1 is 0.258 bits per heavy atom. The van der Waals surface area contributed by atoms with E-state index in [0.717, 1.165) is 72.0 Å². The lowest BCUT2D eigenvalue weighted by atomic mass is 9.96. The van der Waals surface area contributed by atoms with Crippen LogP contribution in [0.25, 0.3) is 111 Å². The van der Waals surface area contributed by atoms with Crippen molar-refractivity contribution in [3.8, 4) is 67.8 Å². The zero-order valence-corrected chi connectivity index (χ0v) is 33.6. The van der Waals surface area contributed by atoms with Crippen LogP contribution in [-0.2, 0) is 0 Å². The number of aromatic nitrogens is 5. The number of fused-ring (bicyclic) bond motifs is 6. The second-order valence-corrected chi connectivity index (χ2v) is 15.6. The van der Waals surface area contributed by atoms with Gasteiger partial charge in [-0.3, -0.25) is 0 Å². The van der Waals surface area contributed by atoms with Crippen molar-refractivity contribution in [3.63, 3.8) is 0 Å². The Labute approximate surface area is 358 Å². The Hall–Kier alpha value is -8.41. The Morgan fingerprint density at radius 2 is 0.710 bits per heavy atom. The van der Waals surface area contributed by atoms with Crippen molar-refractivity contribution in [3.05, 3.63) is 224 Å². The van der Waals surface area contributed by atoms with E-state index in [1.807, 2.05) is 6.07 Å². The molecule has 5 nitrogen and oxygen atoms in total. The third kappa shape index (κ3) is 5.90. The predicted octanol–water partition coefficient (Wildman–Crippen LogP) is 14.4. The number of benzene rings is 9. The molecule has 12 aromatic rings. The highest BCUT2D eigenvalue weighted by Crippen LogP contribution is 2.40. The molecule has 0 aliphatic rings. The van der Waals surface area contributed by atoms with Crippen LogP contribution in [0.3, 0.4) is 0 Å². The minimum Gasteiger partial charge on any atom is -0.309 e. The molecule has 0 spiro atoms. The fourth-order valence-electron chi connectivity index (χ4n) is 9.17. The van der Waals surface area contributed by atoms with E-state index in [4.69, 9.17) is 15.0 Å². The summed E-state index contributed by atoms with van der Waals surface area (Å²) in [4.78, 5) is 16.2. The first-order chi connectivity index (χ1) is 30.8. The zero-order valence-electron chi connectivity index (χ0n) is 33.6. The summed E-state index contributed by atoms with van der Waals surface area (Å²) in [5.41, 5.74) is 13.9.